The van der Waals surface area contributed by atoms with Crippen LogP contribution in [0.4, 0.5) is 11.4 Å². The van der Waals surface area contributed by atoms with E-state index in [1.165, 1.54) is 11.8 Å². The zero-order valence-electron chi connectivity index (χ0n) is 24.7. The first-order valence-corrected chi connectivity index (χ1v) is 16.3. The number of nitrogens with one attached hydrogen (secondary N) is 3. The molecule has 5 aromatic rings. The van der Waals surface area contributed by atoms with Crippen LogP contribution in [-0.2, 0) is 9.59 Å². The van der Waals surface area contributed by atoms with Crippen LogP contribution in [0.2, 0.25) is 5.02 Å². The number of hydrogen-bond donors (Lipinski definition) is 3. The minimum absolute atomic E-state index is 0.0726. The number of anilines is 2. The Bertz CT molecular complexity index is 1900. The van der Waals surface area contributed by atoms with Crippen molar-refractivity contribution in [1.29, 1.82) is 0 Å². The fraction of sp³-hybridized carbons (Fsp3) is 0.0541. The number of hydrogen-bond acceptors (Lipinski definition) is 4. The van der Waals surface area contributed by atoms with Crippen LogP contribution in [0.25, 0.3) is 6.08 Å². The molecule has 0 fully saturated rings. The fourth-order valence-corrected chi connectivity index (χ4v) is 6.20. The van der Waals surface area contributed by atoms with Crippen LogP contribution in [0.5, 0.6) is 0 Å². The number of halogens is 2. The van der Waals surface area contributed by atoms with E-state index in [4.69, 9.17) is 11.6 Å². The molecule has 0 aromatic heterocycles. The first-order chi connectivity index (χ1) is 22.3. The van der Waals surface area contributed by atoms with Crippen molar-refractivity contribution in [3.05, 3.63) is 165 Å². The molecule has 0 bridgehead atoms. The molecule has 6 nitrogen and oxygen atoms in total. The Labute approximate surface area is 285 Å². The molecule has 230 valence electrons. The van der Waals surface area contributed by atoms with Crippen molar-refractivity contribution >= 4 is 74.5 Å². The number of carbonyl (C=O) groups excluding carboxylic acids is 3. The molecule has 0 aliphatic rings. The molecule has 3 amide bonds. The lowest BCUT2D eigenvalue weighted by atomic mass is 10.1. The van der Waals surface area contributed by atoms with Crippen LogP contribution in [-0.4, -0.2) is 17.7 Å². The van der Waals surface area contributed by atoms with Gasteiger partial charge in [-0.15, -0.1) is 11.8 Å². The smallest absolute Gasteiger partial charge is 0.272 e. The van der Waals surface area contributed by atoms with Crippen molar-refractivity contribution < 1.29 is 14.4 Å². The average molecular weight is 711 g/mol. The minimum Gasteiger partial charge on any atom is -0.325 e. The van der Waals surface area contributed by atoms with Gasteiger partial charge in [-0.1, -0.05) is 100 Å². The highest BCUT2D eigenvalue weighted by molar-refractivity contribution is 9.10. The molecule has 1 unspecified atom stereocenters. The maximum atomic E-state index is 13.7. The Morgan fingerprint density at radius 1 is 0.783 bits per heavy atom. The molecule has 0 aliphatic carbocycles. The molecule has 9 heteroatoms. The van der Waals surface area contributed by atoms with Gasteiger partial charge < -0.3 is 16.0 Å². The van der Waals surface area contributed by atoms with Crippen molar-refractivity contribution in [3.63, 3.8) is 0 Å². The second kappa shape index (κ2) is 15.6. The van der Waals surface area contributed by atoms with E-state index in [9.17, 15) is 14.4 Å². The summed E-state index contributed by atoms with van der Waals surface area (Å²) in [5.74, 6) is -1.12. The third kappa shape index (κ3) is 8.75. The Morgan fingerprint density at radius 2 is 1.48 bits per heavy atom. The quantitative estimate of drug-likeness (QED) is 0.0996. The lowest BCUT2D eigenvalue weighted by Gasteiger charge is -2.19. The molecular weight excluding hydrogens is 682 g/mol. The van der Waals surface area contributed by atoms with Crippen molar-refractivity contribution in [3.8, 4) is 0 Å². The number of rotatable bonds is 10. The van der Waals surface area contributed by atoms with Gasteiger partial charge in [0, 0.05) is 31.3 Å². The van der Waals surface area contributed by atoms with Gasteiger partial charge >= 0.3 is 0 Å². The fourth-order valence-electron chi connectivity index (χ4n) is 4.53. The van der Waals surface area contributed by atoms with Crippen molar-refractivity contribution in [2.75, 3.05) is 10.6 Å². The van der Waals surface area contributed by atoms with E-state index in [0.717, 1.165) is 26.1 Å². The Balaban J connectivity index is 1.38. The normalized spacial score (nSPS) is 11.8. The zero-order chi connectivity index (χ0) is 32.5. The summed E-state index contributed by atoms with van der Waals surface area (Å²) in [5, 5.41) is 8.67. The standard InChI is InChI=1S/C37H29BrClN3O3S/c1-24-31(39)19-10-20-32(24)41-37(45)34(26-12-4-2-5-13-26)46-30-18-9-17-29(23-30)40-36(44)33(22-25-11-8-16-28(38)21-25)42-35(43)27-14-6-3-7-15-27/h2-23,34H,1H3,(H,40,44)(H,41,45)(H,42,43)/b33-22+. The van der Waals surface area contributed by atoms with Gasteiger partial charge in [-0.25, -0.2) is 0 Å². The van der Waals surface area contributed by atoms with Gasteiger partial charge in [0.25, 0.3) is 11.8 Å². The lowest BCUT2D eigenvalue weighted by molar-refractivity contribution is -0.116. The maximum Gasteiger partial charge on any atom is 0.272 e. The van der Waals surface area contributed by atoms with E-state index in [2.05, 4.69) is 31.9 Å². The van der Waals surface area contributed by atoms with Gasteiger partial charge in [0.15, 0.2) is 0 Å². The van der Waals surface area contributed by atoms with Crippen LogP contribution in [0.15, 0.2) is 142 Å². The van der Waals surface area contributed by atoms with E-state index in [1.807, 2.05) is 79.7 Å². The number of carbonyl (C=O) groups is 3. The van der Waals surface area contributed by atoms with E-state index < -0.39 is 17.1 Å². The number of benzene rings is 5. The van der Waals surface area contributed by atoms with E-state index in [0.29, 0.717) is 22.0 Å². The molecule has 3 N–H and O–H groups in total. The lowest BCUT2D eigenvalue weighted by Crippen LogP contribution is -2.30. The SMILES string of the molecule is Cc1c(Cl)cccc1NC(=O)C(Sc1cccc(NC(=O)/C(=C\c2cccc(Br)c2)NC(=O)c2ccccc2)c1)c1ccccc1. The summed E-state index contributed by atoms with van der Waals surface area (Å²) in [6, 6.07) is 38.2. The molecule has 0 heterocycles. The number of thioether (sulfide) groups is 1. The van der Waals surface area contributed by atoms with Crippen molar-refractivity contribution in [2.24, 2.45) is 0 Å². The van der Waals surface area contributed by atoms with E-state index >= 15 is 0 Å². The second-order valence-electron chi connectivity index (χ2n) is 10.2. The van der Waals surface area contributed by atoms with Crippen molar-refractivity contribution in [2.45, 2.75) is 17.1 Å². The van der Waals surface area contributed by atoms with Gasteiger partial charge in [0.2, 0.25) is 5.91 Å². The predicted molar refractivity (Wildman–Crippen MR) is 191 cm³/mol. The van der Waals surface area contributed by atoms with E-state index in [1.54, 1.807) is 60.7 Å². The molecule has 46 heavy (non-hydrogen) atoms. The van der Waals surface area contributed by atoms with Gasteiger partial charge in [-0.3, -0.25) is 14.4 Å². The minimum atomic E-state index is -0.595. The van der Waals surface area contributed by atoms with Crippen LogP contribution in [0, 0.1) is 6.92 Å². The number of amides is 3. The van der Waals surface area contributed by atoms with E-state index in [-0.39, 0.29) is 11.6 Å². The van der Waals surface area contributed by atoms with Crippen LogP contribution < -0.4 is 16.0 Å². The van der Waals surface area contributed by atoms with Crippen LogP contribution >= 0.6 is 39.3 Å². The Kier molecular flexibility index (Phi) is 11.1. The van der Waals surface area contributed by atoms with Crippen LogP contribution in [0.3, 0.4) is 0 Å². The molecule has 0 spiro atoms. The largest absolute Gasteiger partial charge is 0.325 e. The Morgan fingerprint density at radius 3 is 2.22 bits per heavy atom. The molecule has 5 rings (SSSR count). The predicted octanol–water partition coefficient (Wildman–Crippen LogP) is 9.29. The van der Waals surface area contributed by atoms with Gasteiger partial charge in [-0.2, -0.15) is 0 Å². The first kappa shape index (κ1) is 32.8. The molecule has 1 atom stereocenters. The molecule has 0 aliphatic heterocycles. The summed E-state index contributed by atoms with van der Waals surface area (Å²) in [6.07, 6.45) is 1.62. The van der Waals surface area contributed by atoms with Gasteiger partial charge in [0.1, 0.15) is 10.9 Å². The zero-order valence-corrected chi connectivity index (χ0v) is 27.8. The summed E-state index contributed by atoms with van der Waals surface area (Å²) < 4.78 is 0.836. The first-order valence-electron chi connectivity index (χ1n) is 14.3. The maximum absolute atomic E-state index is 13.7. The summed E-state index contributed by atoms with van der Waals surface area (Å²) in [6.45, 7) is 1.86. The summed E-state index contributed by atoms with van der Waals surface area (Å²) in [7, 11) is 0. The summed E-state index contributed by atoms with van der Waals surface area (Å²) >= 11 is 11.1. The highest BCUT2D eigenvalue weighted by Gasteiger charge is 2.23. The third-order valence-corrected chi connectivity index (χ3v) is 9.05. The monoisotopic (exact) mass is 709 g/mol. The summed E-state index contributed by atoms with van der Waals surface area (Å²) in [5.41, 5.74) is 3.97. The van der Waals surface area contributed by atoms with Crippen LogP contribution in [0.1, 0.15) is 32.3 Å². The van der Waals surface area contributed by atoms with Gasteiger partial charge in [0.05, 0.1) is 0 Å². The molecular formula is C37H29BrClN3O3S. The molecule has 0 saturated heterocycles. The average Bonchev–Trinajstić information content (AvgIpc) is 3.06. The highest BCUT2D eigenvalue weighted by atomic mass is 79.9. The summed E-state index contributed by atoms with van der Waals surface area (Å²) in [4.78, 5) is 41.0. The Hall–Kier alpha value is -4.63. The molecule has 0 saturated carbocycles. The highest BCUT2D eigenvalue weighted by Crippen LogP contribution is 2.38. The molecule has 5 aromatic carbocycles. The molecule has 0 radical (unpaired) electrons. The second-order valence-corrected chi connectivity index (χ2v) is 12.7. The van der Waals surface area contributed by atoms with Crippen molar-refractivity contribution in [1.82, 2.24) is 5.32 Å². The van der Waals surface area contributed by atoms with Gasteiger partial charge in [-0.05, 0) is 84.3 Å². The topological polar surface area (TPSA) is 87.3 Å². The third-order valence-electron chi connectivity index (χ3n) is 6.90.